The number of carbonyl (C=O) groups is 2. The second-order valence-electron chi connectivity index (χ2n) is 5.09. The summed E-state index contributed by atoms with van der Waals surface area (Å²) >= 11 is 0. The topological polar surface area (TPSA) is 83.1 Å². The van der Waals surface area contributed by atoms with Crippen LogP contribution in [0.1, 0.15) is 33.6 Å². The molecule has 1 amide bonds. The summed E-state index contributed by atoms with van der Waals surface area (Å²) in [6.07, 6.45) is 2.17. The van der Waals surface area contributed by atoms with Gasteiger partial charge in [-0.3, -0.25) is 0 Å². The van der Waals surface area contributed by atoms with Crippen molar-refractivity contribution in [3.8, 4) is 0 Å². The molecule has 0 bridgehead atoms. The predicted molar refractivity (Wildman–Crippen MR) is 86.2 cm³/mol. The van der Waals surface area contributed by atoms with Crippen LogP contribution in [-0.2, 0) is 23.7 Å². The maximum atomic E-state index is 11.5. The van der Waals surface area contributed by atoms with Gasteiger partial charge >= 0.3 is 12.1 Å². The Kier molecular flexibility index (Phi) is 13.0. The maximum absolute atomic E-state index is 11.5. The Morgan fingerprint density at radius 1 is 1.17 bits per heavy atom. The van der Waals surface area contributed by atoms with E-state index >= 15 is 0 Å². The van der Waals surface area contributed by atoms with Crippen molar-refractivity contribution in [1.82, 2.24) is 5.32 Å². The number of rotatable bonds is 13. The van der Waals surface area contributed by atoms with Crippen molar-refractivity contribution >= 4 is 12.1 Å². The van der Waals surface area contributed by atoms with Crippen LogP contribution in [0.2, 0.25) is 0 Å². The van der Waals surface area contributed by atoms with Gasteiger partial charge in [0.25, 0.3) is 0 Å². The maximum Gasteiger partial charge on any atom is 0.407 e. The second-order valence-corrected chi connectivity index (χ2v) is 5.09. The standard InChI is InChI=1S/C16H29NO6/c1-5-7-9-20-11-13(3)22-12-14(4)23-16(19)17-8-10-21-15(18)6-2/h6,13-14H,2,5,7-12H2,1,3-4H3,(H,17,19). The van der Waals surface area contributed by atoms with Crippen LogP contribution in [0, 0.1) is 0 Å². The Bertz CT molecular complexity index is 347. The SMILES string of the molecule is C=CC(=O)OCCNC(=O)OC(C)COC(C)COCCCC. The minimum atomic E-state index is -0.581. The van der Waals surface area contributed by atoms with Crippen molar-refractivity contribution in [2.24, 2.45) is 0 Å². The van der Waals surface area contributed by atoms with Crippen LogP contribution in [0.4, 0.5) is 4.79 Å². The molecular formula is C16H29NO6. The number of alkyl carbamates (subject to hydrolysis) is 1. The number of esters is 1. The Balaban J connectivity index is 3.63. The van der Waals surface area contributed by atoms with Gasteiger partial charge in [-0.05, 0) is 20.3 Å². The third-order valence-electron chi connectivity index (χ3n) is 2.70. The van der Waals surface area contributed by atoms with E-state index in [1.165, 1.54) is 0 Å². The molecule has 0 aliphatic carbocycles. The highest BCUT2D eigenvalue weighted by atomic mass is 16.6. The molecule has 0 spiro atoms. The van der Waals surface area contributed by atoms with Gasteiger partial charge in [-0.1, -0.05) is 19.9 Å². The molecule has 0 heterocycles. The molecule has 0 saturated heterocycles. The third-order valence-corrected chi connectivity index (χ3v) is 2.70. The van der Waals surface area contributed by atoms with Crippen LogP contribution in [0.25, 0.3) is 0 Å². The fourth-order valence-corrected chi connectivity index (χ4v) is 1.47. The van der Waals surface area contributed by atoms with Gasteiger partial charge in [0.2, 0.25) is 0 Å². The average Bonchev–Trinajstić information content (AvgIpc) is 2.53. The first-order valence-corrected chi connectivity index (χ1v) is 7.92. The number of hydrogen-bond donors (Lipinski definition) is 1. The zero-order valence-corrected chi connectivity index (χ0v) is 14.3. The van der Waals surface area contributed by atoms with Crippen LogP contribution < -0.4 is 5.32 Å². The largest absolute Gasteiger partial charge is 0.461 e. The Morgan fingerprint density at radius 2 is 1.91 bits per heavy atom. The van der Waals surface area contributed by atoms with E-state index in [-0.39, 0.29) is 32.0 Å². The van der Waals surface area contributed by atoms with Gasteiger partial charge < -0.3 is 24.3 Å². The summed E-state index contributed by atoms with van der Waals surface area (Å²) in [6.45, 7) is 10.8. The van der Waals surface area contributed by atoms with E-state index in [9.17, 15) is 9.59 Å². The molecule has 0 radical (unpaired) electrons. The normalized spacial score (nSPS) is 13.0. The van der Waals surface area contributed by atoms with Crippen molar-refractivity contribution in [2.45, 2.75) is 45.8 Å². The molecule has 0 aliphatic heterocycles. The van der Waals surface area contributed by atoms with Crippen molar-refractivity contribution in [1.29, 1.82) is 0 Å². The minimum absolute atomic E-state index is 0.0562. The van der Waals surface area contributed by atoms with Gasteiger partial charge in [0.15, 0.2) is 0 Å². The van der Waals surface area contributed by atoms with Crippen LogP contribution in [-0.4, -0.2) is 57.2 Å². The molecule has 7 nitrogen and oxygen atoms in total. The molecule has 1 N–H and O–H groups in total. The van der Waals surface area contributed by atoms with E-state index in [0.29, 0.717) is 6.61 Å². The lowest BCUT2D eigenvalue weighted by atomic mass is 10.3. The van der Waals surface area contributed by atoms with E-state index < -0.39 is 12.1 Å². The van der Waals surface area contributed by atoms with Gasteiger partial charge in [0.05, 0.1) is 25.9 Å². The van der Waals surface area contributed by atoms with Gasteiger partial charge in [-0.15, -0.1) is 0 Å². The minimum Gasteiger partial charge on any atom is -0.461 e. The van der Waals surface area contributed by atoms with E-state index in [4.69, 9.17) is 18.9 Å². The summed E-state index contributed by atoms with van der Waals surface area (Å²) in [5.74, 6) is -0.530. The molecule has 0 aromatic rings. The van der Waals surface area contributed by atoms with Crippen LogP contribution in [0.5, 0.6) is 0 Å². The number of unbranched alkanes of at least 4 members (excludes halogenated alkanes) is 1. The average molecular weight is 331 g/mol. The Morgan fingerprint density at radius 3 is 2.57 bits per heavy atom. The molecule has 134 valence electrons. The first kappa shape index (κ1) is 21.4. The monoisotopic (exact) mass is 331 g/mol. The van der Waals surface area contributed by atoms with Gasteiger partial charge in [-0.25, -0.2) is 9.59 Å². The smallest absolute Gasteiger partial charge is 0.407 e. The second kappa shape index (κ2) is 14.0. The van der Waals surface area contributed by atoms with Crippen LogP contribution in [0.15, 0.2) is 12.7 Å². The van der Waals surface area contributed by atoms with E-state index in [2.05, 4.69) is 18.8 Å². The summed E-state index contributed by atoms with van der Waals surface area (Å²) in [5.41, 5.74) is 0. The van der Waals surface area contributed by atoms with E-state index in [1.54, 1.807) is 6.92 Å². The number of ether oxygens (including phenoxy) is 4. The van der Waals surface area contributed by atoms with E-state index in [1.807, 2.05) is 6.92 Å². The van der Waals surface area contributed by atoms with Gasteiger partial charge in [0, 0.05) is 12.7 Å². The first-order chi connectivity index (χ1) is 11.0. The van der Waals surface area contributed by atoms with E-state index in [0.717, 1.165) is 25.5 Å². The van der Waals surface area contributed by atoms with Crippen LogP contribution in [0.3, 0.4) is 0 Å². The fraction of sp³-hybridized carbons (Fsp3) is 0.750. The summed E-state index contributed by atoms with van der Waals surface area (Å²) in [7, 11) is 0. The molecule has 23 heavy (non-hydrogen) atoms. The molecule has 0 saturated carbocycles. The zero-order valence-electron chi connectivity index (χ0n) is 14.3. The first-order valence-electron chi connectivity index (χ1n) is 7.92. The van der Waals surface area contributed by atoms with Crippen molar-refractivity contribution in [3.05, 3.63) is 12.7 Å². The fourth-order valence-electron chi connectivity index (χ4n) is 1.47. The highest BCUT2D eigenvalue weighted by molar-refractivity contribution is 5.81. The lowest BCUT2D eigenvalue weighted by molar-refractivity contribution is -0.137. The molecule has 0 aromatic carbocycles. The Labute approximate surface area is 138 Å². The lowest BCUT2D eigenvalue weighted by Crippen LogP contribution is -2.33. The van der Waals surface area contributed by atoms with Gasteiger partial charge in [0.1, 0.15) is 12.7 Å². The summed E-state index contributed by atoms with van der Waals surface area (Å²) in [4.78, 5) is 22.3. The van der Waals surface area contributed by atoms with Crippen molar-refractivity contribution in [2.75, 3.05) is 33.0 Å². The highest BCUT2D eigenvalue weighted by Crippen LogP contribution is 1.99. The highest BCUT2D eigenvalue weighted by Gasteiger charge is 2.11. The zero-order chi connectivity index (χ0) is 17.5. The molecule has 0 aromatic heterocycles. The lowest BCUT2D eigenvalue weighted by Gasteiger charge is -2.18. The molecule has 0 rings (SSSR count). The van der Waals surface area contributed by atoms with Crippen molar-refractivity contribution < 1.29 is 28.5 Å². The van der Waals surface area contributed by atoms with Crippen LogP contribution >= 0.6 is 0 Å². The number of carbonyl (C=O) groups excluding carboxylic acids is 2. The number of hydrogen-bond acceptors (Lipinski definition) is 6. The molecule has 0 fully saturated rings. The Hall–Kier alpha value is -1.60. The van der Waals surface area contributed by atoms with Gasteiger partial charge in [-0.2, -0.15) is 0 Å². The molecule has 2 atom stereocenters. The molecule has 0 aliphatic rings. The quantitative estimate of drug-likeness (QED) is 0.316. The van der Waals surface area contributed by atoms with Crippen molar-refractivity contribution in [3.63, 3.8) is 0 Å². The number of amides is 1. The third kappa shape index (κ3) is 13.8. The summed E-state index contributed by atoms with van der Waals surface area (Å²) in [6, 6.07) is 0. The summed E-state index contributed by atoms with van der Waals surface area (Å²) in [5, 5.41) is 2.48. The summed E-state index contributed by atoms with van der Waals surface area (Å²) < 4.78 is 20.8. The predicted octanol–water partition coefficient (Wildman–Crippen LogP) is 2.05. The number of nitrogens with one attached hydrogen (secondary N) is 1. The molecule has 2 unspecified atom stereocenters. The molecule has 7 heteroatoms. The molecular weight excluding hydrogens is 302 g/mol.